The summed E-state index contributed by atoms with van der Waals surface area (Å²) in [6, 6.07) is 9.49. The molecular formula is C12H14N2O2. The summed E-state index contributed by atoms with van der Waals surface area (Å²) in [6.07, 6.45) is 0.232. The standard InChI is InChI=1S/C12H14N2O2/c1-8(9-5-3-2-4-6-9)13-10-7-11(15)14-12(10)16/h2-6,8,10,13H,7H2,1H3,(H,14,15,16)/t8-,10+/m1/s1. The van der Waals surface area contributed by atoms with Gasteiger partial charge in [0.1, 0.15) is 0 Å². The summed E-state index contributed by atoms with van der Waals surface area (Å²) in [6.45, 7) is 1.98. The zero-order valence-corrected chi connectivity index (χ0v) is 9.07. The van der Waals surface area contributed by atoms with Gasteiger partial charge in [0, 0.05) is 6.04 Å². The van der Waals surface area contributed by atoms with Crippen LogP contribution >= 0.6 is 0 Å². The van der Waals surface area contributed by atoms with Crippen LogP contribution in [0.5, 0.6) is 0 Å². The molecule has 2 atom stereocenters. The molecule has 1 heterocycles. The first-order valence-corrected chi connectivity index (χ1v) is 5.31. The number of hydrogen-bond donors (Lipinski definition) is 2. The van der Waals surface area contributed by atoms with E-state index in [1.54, 1.807) is 0 Å². The molecule has 2 amide bonds. The molecule has 0 unspecified atom stereocenters. The van der Waals surface area contributed by atoms with E-state index in [0.717, 1.165) is 5.56 Å². The molecule has 0 spiro atoms. The van der Waals surface area contributed by atoms with Gasteiger partial charge in [0.15, 0.2) is 0 Å². The smallest absolute Gasteiger partial charge is 0.244 e. The van der Waals surface area contributed by atoms with Gasteiger partial charge in [0.2, 0.25) is 11.8 Å². The Kier molecular flexibility index (Phi) is 3.01. The van der Waals surface area contributed by atoms with Crippen molar-refractivity contribution in [2.24, 2.45) is 0 Å². The highest BCUT2D eigenvalue weighted by molar-refractivity contribution is 6.05. The molecule has 0 aromatic heterocycles. The number of carbonyl (C=O) groups is 2. The molecule has 16 heavy (non-hydrogen) atoms. The van der Waals surface area contributed by atoms with Gasteiger partial charge in [-0.2, -0.15) is 0 Å². The van der Waals surface area contributed by atoms with Crippen molar-refractivity contribution in [2.45, 2.75) is 25.4 Å². The Balaban J connectivity index is 2.00. The lowest BCUT2D eigenvalue weighted by Crippen LogP contribution is -2.37. The van der Waals surface area contributed by atoms with Crippen LogP contribution in [0, 0.1) is 0 Å². The normalized spacial score (nSPS) is 21.9. The van der Waals surface area contributed by atoms with Gasteiger partial charge < -0.3 is 0 Å². The molecule has 0 bridgehead atoms. The summed E-state index contributed by atoms with van der Waals surface area (Å²) in [5, 5.41) is 5.43. The van der Waals surface area contributed by atoms with Crippen LogP contribution in [-0.2, 0) is 9.59 Å². The van der Waals surface area contributed by atoms with Gasteiger partial charge in [-0.25, -0.2) is 0 Å². The maximum absolute atomic E-state index is 11.4. The van der Waals surface area contributed by atoms with Gasteiger partial charge in [-0.15, -0.1) is 0 Å². The van der Waals surface area contributed by atoms with Gasteiger partial charge in [-0.05, 0) is 12.5 Å². The molecule has 0 radical (unpaired) electrons. The first-order valence-electron chi connectivity index (χ1n) is 5.31. The van der Waals surface area contributed by atoms with E-state index in [4.69, 9.17) is 0 Å². The van der Waals surface area contributed by atoms with Crippen LogP contribution in [0.15, 0.2) is 30.3 Å². The van der Waals surface area contributed by atoms with E-state index >= 15 is 0 Å². The largest absolute Gasteiger partial charge is 0.299 e. The Morgan fingerprint density at radius 1 is 1.31 bits per heavy atom. The zero-order chi connectivity index (χ0) is 11.5. The minimum Gasteiger partial charge on any atom is -0.299 e. The van der Waals surface area contributed by atoms with Crippen LogP contribution in [-0.4, -0.2) is 17.9 Å². The van der Waals surface area contributed by atoms with Crippen molar-refractivity contribution in [1.29, 1.82) is 0 Å². The third-order valence-electron chi connectivity index (χ3n) is 2.72. The molecule has 1 aliphatic rings. The van der Waals surface area contributed by atoms with E-state index in [2.05, 4.69) is 10.6 Å². The molecule has 4 nitrogen and oxygen atoms in total. The van der Waals surface area contributed by atoms with Crippen LogP contribution < -0.4 is 10.6 Å². The third-order valence-corrected chi connectivity index (χ3v) is 2.72. The topological polar surface area (TPSA) is 58.2 Å². The number of amides is 2. The maximum Gasteiger partial charge on any atom is 0.244 e. The molecule has 2 N–H and O–H groups in total. The quantitative estimate of drug-likeness (QED) is 0.736. The second-order valence-corrected chi connectivity index (χ2v) is 3.97. The molecule has 84 valence electrons. The minimum atomic E-state index is -0.400. The van der Waals surface area contributed by atoms with E-state index in [-0.39, 0.29) is 24.3 Å². The van der Waals surface area contributed by atoms with Crippen LogP contribution in [0.2, 0.25) is 0 Å². The molecule has 0 saturated carbocycles. The summed E-state index contributed by atoms with van der Waals surface area (Å²) in [7, 11) is 0. The summed E-state index contributed by atoms with van der Waals surface area (Å²) in [4.78, 5) is 22.4. The Morgan fingerprint density at radius 2 is 2.00 bits per heavy atom. The van der Waals surface area contributed by atoms with E-state index in [9.17, 15) is 9.59 Å². The Labute approximate surface area is 94.0 Å². The van der Waals surface area contributed by atoms with Crippen LogP contribution in [0.4, 0.5) is 0 Å². The SMILES string of the molecule is C[C@@H](N[C@H]1CC(=O)NC1=O)c1ccccc1. The van der Waals surface area contributed by atoms with Gasteiger partial charge in [-0.1, -0.05) is 30.3 Å². The molecule has 1 aromatic rings. The number of imide groups is 1. The summed E-state index contributed by atoms with van der Waals surface area (Å²) in [5.41, 5.74) is 1.11. The number of nitrogens with one attached hydrogen (secondary N) is 2. The van der Waals surface area contributed by atoms with Crippen molar-refractivity contribution in [3.63, 3.8) is 0 Å². The molecule has 4 heteroatoms. The maximum atomic E-state index is 11.4. The molecule has 1 aliphatic heterocycles. The number of benzene rings is 1. The fourth-order valence-corrected chi connectivity index (χ4v) is 1.83. The van der Waals surface area contributed by atoms with Crippen molar-refractivity contribution in [3.8, 4) is 0 Å². The Bertz CT molecular complexity index is 403. The lowest BCUT2D eigenvalue weighted by molar-refractivity contribution is -0.125. The number of hydrogen-bond acceptors (Lipinski definition) is 3. The highest BCUT2D eigenvalue weighted by Gasteiger charge is 2.31. The van der Waals surface area contributed by atoms with Crippen LogP contribution in [0.3, 0.4) is 0 Å². The molecule has 2 rings (SSSR count). The predicted molar refractivity (Wildman–Crippen MR) is 59.5 cm³/mol. The van der Waals surface area contributed by atoms with E-state index in [1.807, 2.05) is 37.3 Å². The third kappa shape index (κ3) is 2.28. The van der Waals surface area contributed by atoms with Crippen molar-refractivity contribution in [1.82, 2.24) is 10.6 Å². The van der Waals surface area contributed by atoms with Gasteiger partial charge in [-0.3, -0.25) is 20.2 Å². The lowest BCUT2D eigenvalue weighted by Gasteiger charge is -2.17. The average molecular weight is 218 g/mol. The van der Waals surface area contributed by atoms with E-state index in [0.29, 0.717) is 0 Å². The van der Waals surface area contributed by atoms with Crippen molar-refractivity contribution in [2.75, 3.05) is 0 Å². The van der Waals surface area contributed by atoms with Crippen LogP contribution in [0.25, 0.3) is 0 Å². The summed E-state index contributed by atoms with van der Waals surface area (Å²) < 4.78 is 0. The Morgan fingerprint density at radius 3 is 2.56 bits per heavy atom. The Hall–Kier alpha value is -1.68. The van der Waals surface area contributed by atoms with Crippen molar-refractivity contribution < 1.29 is 9.59 Å². The van der Waals surface area contributed by atoms with Crippen LogP contribution in [0.1, 0.15) is 24.9 Å². The highest BCUT2D eigenvalue weighted by atomic mass is 16.2. The van der Waals surface area contributed by atoms with Gasteiger partial charge >= 0.3 is 0 Å². The molecule has 1 fully saturated rings. The predicted octanol–water partition coefficient (Wildman–Crippen LogP) is 0.752. The van der Waals surface area contributed by atoms with Gasteiger partial charge in [0.25, 0.3) is 0 Å². The summed E-state index contributed by atoms with van der Waals surface area (Å²) in [5.74, 6) is -0.435. The average Bonchev–Trinajstić information content (AvgIpc) is 2.59. The highest BCUT2D eigenvalue weighted by Crippen LogP contribution is 2.14. The minimum absolute atomic E-state index is 0.0582. The van der Waals surface area contributed by atoms with E-state index < -0.39 is 6.04 Å². The number of rotatable bonds is 3. The van der Waals surface area contributed by atoms with Crippen molar-refractivity contribution in [3.05, 3.63) is 35.9 Å². The fourth-order valence-electron chi connectivity index (χ4n) is 1.83. The van der Waals surface area contributed by atoms with Crippen molar-refractivity contribution >= 4 is 11.8 Å². The second-order valence-electron chi connectivity index (χ2n) is 3.97. The zero-order valence-electron chi connectivity index (χ0n) is 9.07. The monoisotopic (exact) mass is 218 g/mol. The molecule has 1 saturated heterocycles. The molecular weight excluding hydrogens is 204 g/mol. The first kappa shape index (κ1) is 10.8. The summed E-state index contributed by atoms with van der Waals surface area (Å²) >= 11 is 0. The fraction of sp³-hybridized carbons (Fsp3) is 0.333. The molecule has 0 aliphatic carbocycles. The van der Waals surface area contributed by atoms with Gasteiger partial charge in [0.05, 0.1) is 12.5 Å². The molecule has 1 aromatic carbocycles. The number of carbonyl (C=O) groups excluding carboxylic acids is 2. The second kappa shape index (κ2) is 4.45. The van der Waals surface area contributed by atoms with E-state index in [1.165, 1.54) is 0 Å². The first-order chi connectivity index (χ1) is 7.66. The lowest BCUT2D eigenvalue weighted by atomic mass is 10.1.